The van der Waals surface area contributed by atoms with Crippen LogP contribution in [0.5, 0.6) is 5.75 Å². The SMILES string of the molecule is COCc1cc(COc2ccccc2CC(=O)OC(C)(C)C)cc(-c2cccc(C(N)CF)c2F)c1. The average Bonchev–Trinajstić information content (AvgIpc) is 2.82. The van der Waals surface area contributed by atoms with Crippen molar-refractivity contribution < 1.29 is 27.8 Å². The third-order valence-corrected chi connectivity index (χ3v) is 5.39. The minimum absolute atomic E-state index is 0.0786. The maximum absolute atomic E-state index is 15.2. The molecule has 2 N–H and O–H groups in total. The Bertz CT molecular complexity index is 1190. The molecule has 0 aliphatic rings. The molecule has 1 unspecified atom stereocenters. The van der Waals surface area contributed by atoms with Gasteiger partial charge in [0.05, 0.1) is 19.1 Å². The van der Waals surface area contributed by atoms with Crippen molar-refractivity contribution in [3.05, 3.63) is 88.7 Å². The molecule has 0 fully saturated rings. The van der Waals surface area contributed by atoms with E-state index in [2.05, 4.69) is 0 Å². The van der Waals surface area contributed by atoms with Crippen LogP contribution in [0.1, 0.15) is 49.1 Å². The zero-order valence-corrected chi connectivity index (χ0v) is 21.1. The van der Waals surface area contributed by atoms with Crippen LogP contribution in [-0.4, -0.2) is 25.4 Å². The number of benzene rings is 3. The van der Waals surface area contributed by atoms with E-state index >= 15 is 4.39 Å². The second-order valence-corrected chi connectivity index (χ2v) is 9.60. The van der Waals surface area contributed by atoms with Crippen molar-refractivity contribution in [1.82, 2.24) is 0 Å². The molecule has 0 aliphatic carbocycles. The average molecular weight is 498 g/mol. The first-order valence-electron chi connectivity index (χ1n) is 11.8. The molecule has 0 amide bonds. The molecule has 0 saturated carbocycles. The molecule has 5 nitrogen and oxygen atoms in total. The van der Waals surface area contributed by atoms with Gasteiger partial charge in [-0.3, -0.25) is 4.79 Å². The van der Waals surface area contributed by atoms with Gasteiger partial charge in [0, 0.05) is 23.8 Å². The van der Waals surface area contributed by atoms with Crippen LogP contribution in [0.4, 0.5) is 8.78 Å². The lowest BCUT2D eigenvalue weighted by Crippen LogP contribution is -2.25. The minimum Gasteiger partial charge on any atom is -0.489 e. The van der Waals surface area contributed by atoms with Crippen LogP contribution in [0.2, 0.25) is 0 Å². The molecule has 1 atom stereocenters. The van der Waals surface area contributed by atoms with E-state index in [0.29, 0.717) is 29.0 Å². The largest absolute Gasteiger partial charge is 0.489 e. The second kappa shape index (κ2) is 12.1. The maximum Gasteiger partial charge on any atom is 0.310 e. The van der Waals surface area contributed by atoms with Crippen molar-refractivity contribution in [2.45, 2.75) is 52.0 Å². The van der Waals surface area contributed by atoms with Crippen molar-refractivity contribution in [3.63, 3.8) is 0 Å². The second-order valence-electron chi connectivity index (χ2n) is 9.60. The van der Waals surface area contributed by atoms with Gasteiger partial charge < -0.3 is 19.9 Å². The van der Waals surface area contributed by atoms with Gasteiger partial charge in [-0.25, -0.2) is 8.78 Å². The molecule has 192 valence electrons. The van der Waals surface area contributed by atoms with E-state index < -0.39 is 24.1 Å². The van der Waals surface area contributed by atoms with Gasteiger partial charge in [-0.05, 0) is 55.7 Å². The predicted molar refractivity (Wildman–Crippen MR) is 136 cm³/mol. The summed E-state index contributed by atoms with van der Waals surface area (Å²) in [5.74, 6) is -0.333. The molecule has 0 heterocycles. The lowest BCUT2D eigenvalue weighted by atomic mass is 9.96. The summed E-state index contributed by atoms with van der Waals surface area (Å²) in [6.07, 6.45) is 0.0786. The number of halogens is 2. The van der Waals surface area contributed by atoms with Crippen LogP contribution in [0.3, 0.4) is 0 Å². The first kappa shape index (κ1) is 27.3. The van der Waals surface area contributed by atoms with Gasteiger partial charge in [-0.2, -0.15) is 0 Å². The lowest BCUT2D eigenvalue weighted by molar-refractivity contribution is -0.153. The smallest absolute Gasteiger partial charge is 0.310 e. The first-order valence-corrected chi connectivity index (χ1v) is 11.8. The molecule has 0 aromatic heterocycles. The van der Waals surface area contributed by atoms with Crippen molar-refractivity contribution in [1.29, 1.82) is 0 Å². The van der Waals surface area contributed by atoms with Crippen LogP contribution in [0.15, 0.2) is 60.7 Å². The number of nitrogens with two attached hydrogens (primary N) is 1. The number of para-hydroxylation sites is 1. The van der Waals surface area contributed by atoms with Gasteiger partial charge in [-0.15, -0.1) is 0 Å². The number of methoxy groups -OCH3 is 1. The van der Waals surface area contributed by atoms with Crippen LogP contribution in [-0.2, 0) is 33.9 Å². The van der Waals surface area contributed by atoms with Gasteiger partial charge in [0.25, 0.3) is 0 Å². The molecule has 3 aromatic carbocycles. The number of rotatable bonds is 10. The summed E-state index contributed by atoms with van der Waals surface area (Å²) in [6, 6.07) is 16.6. The Hall–Kier alpha value is -3.29. The highest BCUT2D eigenvalue weighted by Gasteiger charge is 2.19. The fourth-order valence-electron chi connectivity index (χ4n) is 3.88. The van der Waals surface area contributed by atoms with Gasteiger partial charge >= 0.3 is 5.97 Å². The topological polar surface area (TPSA) is 70.8 Å². The molecule has 3 rings (SSSR count). The number of hydrogen-bond acceptors (Lipinski definition) is 5. The summed E-state index contributed by atoms with van der Waals surface area (Å²) in [5, 5.41) is 0. The molecular weight excluding hydrogens is 464 g/mol. The minimum atomic E-state index is -1.03. The highest BCUT2D eigenvalue weighted by molar-refractivity contribution is 5.74. The lowest BCUT2D eigenvalue weighted by Gasteiger charge is -2.20. The predicted octanol–water partition coefficient (Wildman–Crippen LogP) is 6.07. The third kappa shape index (κ3) is 7.35. The van der Waals surface area contributed by atoms with Gasteiger partial charge in [0.2, 0.25) is 0 Å². The normalized spacial score (nSPS) is 12.3. The fourth-order valence-corrected chi connectivity index (χ4v) is 3.88. The van der Waals surface area contributed by atoms with Gasteiger partial charge in [0.1, 0.15) is 30.4 Å². The van der Waals surface area contributed by atoms with Crippen LogP contribution in [0, 0.1) is 5.82 Å². The molecule has 0 saturated heterocycles. The molecule has 3 aromatic rings. The van der Waals surface area contributed by atoms with Gasteiger partial charge in [-0.1, -0.05) is 42.5 Å². The van der Waals surface area contributed by atoms with Crippen LogP contribution in [0.25, 0.3) is 11.1 Å². The Kier molecular flexibility index (Phi) is 9.18. The maximum atomic E-state index is 15.2. The number of carbonyl (C=O) groups is 1. The number of hydrogen-bond donors (Lipinski definition) is 1. The third-order valence-electron chi connectivity index (χ3n) is 5.39. The van der Waals surface area contributed by atoms with E-state index in [0.717, 1.165) is 11.1 Å². The van der Waals surface area contributed by atoms with E-state index in [4.69, 9.17) is 19.9 Å². The highest BCUT2D eigenvalue weighted by atomic mass is 19.1. The Morgan fingerprint density at radius 2 is 1.69 bits per heavy atom. The summed E-state index contributed by atoms with van der Waals surface area (Å²) in [5.41, 5.74) is 8.55. The summed E-state index contributed by atoms with van der Waals surface area (Å²) in [6.45, 7) is 5.11. The van der Waals surface area contributed by atoms with E-state index in [1.54, 1.807) is 25.3 Å². The highest BCUT2D eigenvalue weighted by Crippen LogP contribution is 2.30. The summed E-state index contributed by atoms with van der Waals surface area (Å²) in [7, 11) is 1.58. The summed E-state index contributed by atoms with van der Waals surface area (Å²) in [4.78, 5) is 12.3. The molecule has 0 aliphatic heterocycles. The Balaban J connectivity index is 1.87. The van der Waals surface area contributed by atoms with E-state index in [-0.39, 0.29) is 24.6 Å². The van der Waals surface area contributed by atoms with E-state index in [1.807, 2.05) is 57.2 Å². The van der Waals surface area contributed by atoms with Crippen molar-refractivity contribution in [2.24, 2.45) is 5.73 Å². The Morgan fingerprint density at radius 1 is 1.00 bits per heavy atom. The molecule has 0 spiro atoms. The first-order chi connectivity index (χ1) is 17.1. The standard InChI is InChI=1S/C29H33F2NO4/c1-29(2,3)36-27(33)15-21-8-5-6-11-26(21)35-18-20-12-19(17-34-4)13-22(14-20)23-9-7-10-24(28(23)31)25(32)16-30/h5-14,25H,15-18,32H2,1-4H3. The van der Waals surface area contributed by atoms with Crippen molar-refractivity contribution >= 4 is 5.97 Å². The summed E-state index contributed by atoms with van der Waals surface area (Å²) >= 11 is 0. The number of alkyl halides is 1. The molecule has 0 bridgehead atoms. The monoisotopic (exact) mass is 497 g/mol. The Morgan fingerprint density at radius 3 is 2.36 bits per heavy atom. The van der Waals surface area contributed by atoms with E-state index in [9.17, 15) is 9.18 Å². The van der Waals surface area contributed by atoms with Crippen LogP contribution < -0.4 is 10.5 Å². The summed E-state index contributed by atoms with van der Waals surface area (Å²) < 4.78 is 45.2. The van der Waals surface area contributed by atoms with E-state index in [1.165, 1.54) is 6.07 Å². The number of esters is 1. The van der Waals surface area contributed by atoms with Crippen LogP contribution >= 0.6 is 0 Å². The zero-order chi connectivity index (χ0) is 26.3. The molecule has 7 heteroatoms. The molecule has 36 heavy (non-hydrogen) atoms. The van der Waals surface area contributed by atoms with Gasteiger partial charge in [0.15, 0.2) is 0 Å². The van der Waals surface area contributed by atoms with Crippen molar-refractivity contribution in [2.75, 3.05) is 13.8 Å². The zero-order valence-electron chi connectivity index (χ0n) is 21.1. The number of carbonyl (C=O) groups excluding carboxylic acids is 1. The number of ether oxygens (including phenoxy) is 3. The molecular formula is C29H33F2NO4. The molecule has 0 radical (unpaired) electrons. The van der Waals surface area contributed by atoms with Crippen molar-refractivity contribution in [3.8, 4) is 16.9 Å². The fraction of sp³-hybridized carbons (Fsp3) is 0.345. The quantitative estimate of drug-likeness (QED) is 0.344. The Labute approximate surface area is 211 Å².